The number of halogens is 3. The third-order valence-corrected chi connectivity index (χ3v) is 7.59. The molecule has 1 spiro atoms. The Morgan fingerprint density at radius 3 is 2.10 bits per heavy atom. The molecule has 3 aliphatic rings. The van der Waals surface area contributed by atoms with Crippen molar-refractivity contribution in [3.8, 4) is 0 Å². The first kappa shape index (κ1) is 22.1. The standard InChI is InChI=1S/C23H29F3N2O3/c1-20(2)8-7-18(29)28(20)15-22(31)11-9-21(10-12-22)13-14-27(19(21)30)17-5-3-16(4-6-17)23(24,25)26/h3-6,31H,7-15H2,1-2H3. The highest BCUT2D eigenvalue weighted by atomic mass is 19.4. The van der Waals surface area contributed by atoms with Crippen molar-refractivity contribution in [2.24, 2.45) is 5.41 Å². The average Bonchev–Trinajstić information content (AvgIpc) is 3.15. The third kappa shape index (κ3) is 3.95. The Morgan fingerprint density at radius 1 is 0.968 bits per heavy atom. The summed E-state index contributed by atoms with van der Waals surface area (Å²) in [5.41, 5.74) is -2.13. The Morgan fingerprint density at radius 2 is 1.58 bits per heavy atom. The van der Waals surface area contributed by atoms with E-state index in [9.17, 15) is 27.9 Å². The Balaban J connectivity index is 1.43. The number of rotatable bonds is 3. The summed E-state index contributed by atoms with van der Waals surface area (Å²) in [4.78, 5) is 28.9. The van der Waals surface area contributed by atoms with Crippen LogP contribution in [0.2, 0.25) is 0 Å². The molecule has 2 heterocycles. The second-order valence-corrected chi connectivity index (χ2v) is 10.0. The van der Waals surface area contributed by atoms with Gasteiger partial charge >= 0.3 is 6.18 Å². The molecule has 0 atom stereocenters. The summed E-state index contributed by atoms with van der Waals surface area (Å²) in [6.45, 7) is 4.76. The maximum absolute atomic E-state index is 13.2. The molecule has 1 aromatic rings. The molecule has 8 heteroatoms. The van der Waals surface area contributed by atoms with Crippen molar-refractivity contribution in [3.05, 3.63) is 29.8 Å². The molecule has 170 valence electrons. The Hall–Kier alpha value is -2.09. The number of hydrogen-bond acceptors (Lipinski definition) is 3. The normalized spacial score (nSPS) is 31.2. The van der Waals surface area contributed by atoms with Gasteiger partial charge in [0.25, 0.3) is 0 Å². The highest BCUT2D eigenvalue weighted by Crippen LogP contribution is 2.49. The largest absolute Gasteiger partial charge is 0.416 e. The van der Waals surface area contributed by atoms with Crippen LogP contribution in [0.3, 0.4) is 0 Å². The topological polar surface area (TPSA) is 60.9 Å². The summed E-state index contributed by atoms with van der Waals surface area (Å²) in [6.07, 6.45) is -0.631. The summed E-state index contributed by atoms with van der Waals surface area (Å²) >= 11 is 0. The van der Waals surface area contributed by atoms with Crippen molar-refractivity contribution in [1.29, 1.82) is 0 Å². The molecule has 1 saturated carbocycles. The Bertz CT molecular complexity index is 871. The van der Waals surface area contributed by atoms with Crippen LogP contribution in [0.4, 0.5) is 18.9 Å². The maximum Gasteiger partial charge on any atom is 0.416 e. The first-order chi connectivity index (χ1) is 14.4. The number of amides is 2. The molecule has 1 N–H and O–H groups in total. The molecule has 1 aliphatic carbocycles. The molecule has 0 aromatic heterocycles. The molecular formula is C23H29F3N2O3. The van der Waals surface area contributed by atoms with Gasteiger partial charge in [0.15, 0.2) is 0 Å². The van der Waals surface area contributed by atoms with Crippen molar-refractivity contribution < 1.29 is 27.9 Å². The van der Waals surface area contributed by atoms with Gasteiger partial charge in [0, 0.05) is 30.7 Å². The van der Waals surface area contributed by atoms with Crippen LogP contribution in [0.5, 0.6) is 0 Å². The van der Waals surface area contributed by atoms with Crippen molar-refractivity contribution in [2.75, 3.05) is 18.0 Å². The predicted octanol–water partition coefficient (Wildman–Crippen LogP) is 4.13. The van der Waals surface area contributed by atoms with Crippen LogP contribution in [0, 0.1) is 5.41 Å². The molecule has 2 aliphatic heterocycles. The predicted molar refractivity (Wildman–Crippen MR) is 109 cm³/mol. The first-order valence-electron chi connectivity index (χ1n) is 10.9. The molecule has 2 saturated heterocycles. The molecule has 2 amide bonds. The lowest BCUT2D eigenvalue weighted by molar-refractivity contribution is -0.141. The number of nitrogens with zero attached hydrogens (tertiary/aromatic N) is 2. The summed E-state index contributed by atoms with van der Waals surface area (Å²) in [7, 11) is 0. The quantitative estimate of drug-likeness (QED) is 0.772. The fourth-order valence-electron chi connectivity index (χ4n) is 5.33. The van der Waals surface area contributed by atoms with Crippen molar-refractivity contribution in [3.63, 3.8) is 0 Å². The summed E-state index contributed by atoms with van der Waals surface area (Å²) in [6, 6.07) is 4.70. The van der Waals surface area contributed by atoms with E-state index in [0.29, 0.717) is 50.8 Å². The number of β-amino-alcohol motifs (C(OH)–C–C–N with tert-alkyl or cyclic N) is 1. The van der Waals surface area contributed by atoms with E-state index in [1.807, 2.05) is 13.8 Å². The number of hydrogen-bond donors (Lipinski definition) is 1. The van der Waals surface area contributed by atoms with Gasteiger partial charge in [0.05, 0.1) is 16.6 Å². The van der Waals surface area contributed by atoms with Crippen molar-refractivity contribution in [1.82, 2.24) is 4.90 Å². The van der Waals surface area contributed by atoms with Gasteiger partial charge in [-0.05, 0) is 76.6 Å². The number of alkyl halides is 3. The second-order valence-electron chi connectivity index (χ2n) is 10.0. The fraction of sp³-hybridized carbons (Fsp3) is 0.652. The molecule has 0 radical (unpaired) electrons. The number of carbonyl (C=O) groups is 2. The van der Waals surface area contributed by atoms with E-state index in [1.54, 1.807) is 9.80 Å². The van der Waals surface area contributed by atoms with Crippen LogP contribution in [0.25, 0.3) is 0 Å². The van der Waals surface area contributed by atoms with Gasteiger partial charge in [-0.1, -0.05) is 0 Å². The van der Waals surface area contributed by atoms with Crippen LogP contribution in [0.1, 0.15) is 64.4 Å². The number of likely N-dealkylation sites (tertiary alicyclic amines) is 1. The van der Waals surface area contributed by atoms with E-state index in [0.717, 1.165) is 18.6 Å². The fourth-order valence-corrected chi connectivity index (χ4v) is 5.33. The van der Waals surface area contributed by atoms with Crippen LogP contribution < -0.4 is 4.90 Å². The number of aliphatic hydroxyl groups is 1. The lowest BCUT2D eigenvalue weighted by Crippen LogP contribution is -2.53. The second kappa shape index (κ2) is 7.22. The van der Waals surface area contributed by atoms with E-state index >= 15 is 0 Å². The van der Waals surface area contributed by atoms with E-state index in [4.69, 9.17) is 0 Å². The summed E-state index contributed by atoms with van der Waals surface area (Å²) in [5, 5.41) is 11.2. The van der Waals surface area contributed by atoms with Crippen molar-refractivity contribution >= 4 is 17.5 Å². The van der Waals surface area contributed by atoms with E-state index < -0.39 is 22.8 Å². The monoisotopic (exact) mass is 438 g/mol. The maximum atomic E-state index is 13.2. The van der Waals surface area contributed by atoms with E-state index in [-0.39, 0.29) is 23.9 Å². The molecule has 4 rings (SSSR count). The molecule has 1 aromatic carbocycles. The number of anilines is 1. The Kier molecular flexibility index (Phi) is 5.15. The van der Waals surface area contributed by atoms with Crippen LogP contribution in [0.15, 0.2) is 24.3 Å². The van der Waals surface area contributed by atoms with Gasteiger partial charge in [-0.15, -0.1) is 0 Å². The lowest BCUT2D eigenvalue weighted by Gasteiger charge is -2.44. The van der Waals surface area contributed by atoms with Crippen molar-refractivity contribution in [2.45, 2.75) is 76.1 Å². The highest BCUT2D eigenvalue weighted by molar-refractivity contribution is 6.00. The zero-order valence-electron chi connectivity index (χ0n) is 18.0. The summed E-state index contributed by atoms with van der Waals surface area (Å²) in [5.74, 6) is -0.0176. The Labute approximate surface area is 180 Å². The molecule has 0 bridgehead atoms. The zero-order valence-corrected chi connectivity index (χ0v) is 18.0. The minimum Gasteiger partial charge on any atom is -0.388 e. The van der Waals surface area contributed by atoms with E-state index in [2.05, 4.69) is 0 Å². The molecule has 31 heavy (non-hydrogen) atoms. The van der Waals surface area contributed by atoms with Gasteiger partial charge in [-0.3, -0.25) is 9.59 Å². The summed E-state index contributed by atoms with van der Waals surface area (Å²) < 4.78 is 38.5. The third-order valence-electron chi connectivity index (χ3n) is 7.59. The van der Waals surface area contributed by atoms with Crippen LogP contribution in [-0.4, -0.2) is 46.1 Å². The van der Waals surface area contributed by atoms with Gasteiger partial charge < -0.3 is 14.9 Å². The zero-order chi connectivity index (χ0) is 22.7. The molecular weight excluding hydrogens is 409 g/mol. The lowest BCUT2D eigenvalue weighted by atomic mass is 9.67. The smallest absolute Gasteiger partial charge is 0.388 e. The molecule has 0 unspecified atom stereocenters. The van der Waals surface area contributed by atoms with Gasteiger partial charge in [-0.2, -0.15) is 13.2 Å². The minimum absolute atomic E-state index is 0.0594. The van der Waals surface area contributed by atoms with Crippen LogP contribution >= 0.6 is 0 Å². The number of carbonyl (C=O) groups excluding carboxylic acids is 2. The van der Waals surface area contributed by atoms with Crippen LogP contribution in [-0.2, 0) is 15.8 Å². The number of benzene rings is 1. The van der Waals surface area contributed by atoms with Gasteiger partial charge in [-0.25, -0.2) is 0 Å². The molecule has 5 nitrogen and oxygen atoms in total. The first-order valence-corrected chi connectivity index (χ1v) is 10.9. The molecule has 3 fully saturated rings. The highest BCUT2D eigenvalue weighted by Gasteiger charge is 2.53. The minimum atomic E-state index is -4.41. The van der Waals surface area contributed by atoms with Gasteiger partial charge in [0.2, 0.25) is 11.8 Å². The average molecular weight is 438 g/mol. The SMILES string of the molecule is CC1(C)CCC(=O)N1CC1(O)CCC2(CCN(c3ccc(C(F)(F)F)cc3)C2=O)CC1. The van der Waals surface area contributed by atoms with E-state index in [1.165, 1.54) is 12.1 Å². The van der Waals surface area contributed by atoms with Gasteiger partial charge in [0.1, 0.15) is 0 Å².